The fourth-order valence-electron chi connectivity index (χ4n) is 0.918. The summed E-state index contributed by atoms with van der Waals surface area (Å²) in [6.07, 6.45) is 0. The Balaban J connectivity index is 2.34. The fraction of sp³-hybridized carbons (Fsp3) is 0.800. The van der Waals surface area contributed by atoms with Gasteiger partial charge in [0.05, 0.1) is 19.8 Å². The Morgan fingerprint density at radius 3 is 2.80 bits per heavy atom. The predicted molar refractivity (Wildman–Crippen MR) is 34.6 cm³/mol. The maximum absolute atomic E-state index is 10.7. The van der Waals surface area contributed by atoms with Gasteiger partial charge >= 0.3 is 0 Å². The van der Waals surface area contributed by atoms with Gasteiger partial charge in [0.15, 0.2) is 0 Å². The minimum absolute atomic E-state index is 0.0706. The molecule has 0 unspecified atom stereocenters. The first-order chi connectivity index (χ1) is 4.74. The summed E-state index contributed by atoms with van der Waals surface area (Å²) in [5.74, 6) is 5.17. The van der Waals surface area contributed by atoms with Crippen molar-refractivity contribution in [1.29, 1.82) is 0 Å². The first-order valence-corrected chi connectivity index (χ1v) is 3.12. The average molecular weight is 145 g/mol. The van der Waals surface area contributed by atoms with E-state index in [0.717, 1.165) is 5.01 Å². The van der Waals surface area contributed by atoms with Crippen LogP contribution >= 0.6 is 0 Å². The molecule has 3 N–H and O–H groups in total. The smallest absolute Gasteiger partial charge is 0.251 e. The third-order valence-corrected chi connectivity index (χ3v) is 1.45. The molecule has 1 heterocycles. The largest absolute Gasteiger partial charge is 0.395 e. The summed E-state index contributed by atoms with van der Waals surface area (Å²) in [5, 5.41) is 9.64. The van der Waals surface area contributed by atoms with Gasteiger partial charge in [-0.1, -0.05) is 0 Å². The van der Waals surface area contributed by atoms with Gasteiger partial charge in [0.2, 0.25) is 0 Å². The highest BCUT2D eigenvalue weighted by Crippen LogP contribution is 1.99. The number of nitrogens with zero attached hydrogens (tertiary/aromatic N) is 2. The molecule has 1 aliphatic heterocycles. The monoisotopic (exact) mass is 145 g/mol. The normalized spacial score (nSPS) is 20.6. The zero-order valence-corrected chi connectivity index (χ0v) is 5.66. The lowest BCUT2D eigenvalue weighted by molar-refractivity contribution is -0.126. The number of aliphatic hydroxyl groups is 1. The molecule has 1 fully saturated rings. The van der Waals surface area contributed by atoms with Gasteiger partial charge in [0.25, 0.3) is 5.91 Å². The molecule has 58 valence electrons. The van der Waals surface area contributed by atoms with Crippen LogP contribution in [-0.4, -0.2) is 47.3 Å². The number of rotatable bonds is 2. The number of β-amino-alcohol motifs (C(OH)–C–C–N with tert-alkyl or cyclic N) is 1. The van der Waals surface area contributed by atoms with E-state index >= 15 is 0 Å². The van der Waals surface area contributed by atoms with Crippen molar-refractivity contribution < 1.29 is 9.90 Å². The van der Waals surface area contributed by atoms with E-state index < -0.39 is 0 Å². The van der Waals surface area contributed by atoms with Crippen LogP contribution in [0.3, 0.4) is 0 Å². The Hall–Kier alpha value is -0.650. The summed E-state index contributed by atoms with van der Waals surface area (Å²) < 4.78 is 0. The van der Waals surface area contributed by atoms with E-state index in [2.05, 4.69) is 0 Å². The van der Waals surface area contributed by atoms with Crippen LogP contribution in [0.2, 0.25) is 0 Å². The Morgan fingerprint density at radius 1 is 1.70 bits per heavy atom. The number of nitrogens with two attached hydrogens (primary N) is 1. The molecule has 1 saturated heterocycles. The van der Waals surface area contributed by atoms with E-state index in [1.54, 1.807) is 4.90 Å². The molecule has 0 aromatic heterocycles. The van der Waals surface area contributed by atoms with E-state index in [9.17, 15) is 4.79 Å². The molecule has 1 amide bonds. The number of amides is 1. The molecule has 0 radical (unpaired) electrons. The molecule has 0 aliphatic carbocycles. The van der Waals surface area contributed by atoms with Crippen LogP contribution in [0.1, 0.15) is 0 Å². The van der Waals surface area contributed by atoms with Gasteiger partial charge in [-0.05, 0) is 0 Å². The molecule has 0 bridgehead atoms. The van der Waals surface area contributed by atoms with Gasteiger partial charge in [-0.25, -0.2) is 5.84 Å². The van der Waals surface area contributed by atoms with E-state index in [1.807, 2.05) is 0 Å². The lowest BCUT2D eigenvalue weighted by atomic mass is 10.5. The maximum Gasteiger partial charge on any atom is 0.251 e. The van der Waals surface area contributed by atoms with Crippen molar-refractivity contribution in [2.45, 2.75) is 0 Å². The standard InChI is InChI=1S/C5H11N3O2/c6-8-4-7(1-2-9)3-5(8)10/h9H,1-4,6H2. The predicted octanol–water partition coefficient (Wildman–Crippen LogP) is -2.05. The first kappa shape index (κ1) is 7.46. The van der Waals surface area contributed by atoms with Gasteiger partial charge in [-0.2, -0.15) is 0 Å². The number of carbonyl (C=O) groups excluding carboxylic acids is 1. The Kier molecular flexibility index (Phi) is 2.21. The van der Waals surface area contributed by atoms with E-state index in [-0.39, 0.29) is 12.5 Å². The van der Waals surface area contributed by atoms with Crippen LogP contribution in [0, 0.1) is 0 Å². The van der Waals surface area contributed by atoms with Crippen molar-refractivity contribution in [2.24, 2.45) is 5.84 Å². The average Bonchev–Trinajstić information content (AvgIpc) is 2.14. The summed E-state index contributed by atoms with van der Waals surface area (Å²) in [6, 6.07) is 0. The SMILES string of the molecule is NN1CN(CCO)CC1=O. The second kappa shape index (κ2) is 2.96. The zero-order valence-electron chi connectivity index (χ0n) is 5.66. The molecular formula is C5H11N3O2. The highest BCUT2D eigenvalue weighted by atomic mass is 16.3. The van der Waals surface area contributed by atoms with Crippen LogP contribution < -0.4 is 5.84 Å². The number of hydrogen-bond donors (Lipinski definition) is 2. The van der Waals surface area contributed by atoms with E-state index in [1.165, 1.54) is 0 Å². The van der Waals surface area contributed by atoms with Crippen LogP contribution in [0.5, 0.6) is 0 Å². The number of aliphatic hydroxyl groups excluding tert-OH is 1. The Morgan fingerprint density at radius 2 is 2.40 bits per heavy atom. The minimum atomic E-state index is -0.0894. The van der Waals surface area contributed by atoms with E-state index in [4.69, 9.17) is 10.9 Å². The first-order valence-electron chi connectivity index (χ1n) is 3.12. The fourth-order valence-corrected chi connectivity index (χ4v) is 0.918. The van der Waals surface area contributed by atoms with Gasteiger partial charge in [-0.15, -0.1) is 0 Å². The molecule has 5 nitrogen and oxygen atoms in total. The van der Waals surface area contributed by atoms with Crippen molar-refractivity contribution in [3.8, 4) is 0 Å². The Bertz CT molecular complexity index is 139. The topological polar surface area (TPSA) is 69.8 Å². The molecular weight excluding hydrogens is 134 g/mol. The molecule has 1 aliphatic rings. The highest BCUT2D eigenvalue weighted by molar-refractivity contribution is 5.79. The molecule has 1 rings (SSSR count). The molecule has 0 spiro atoms. The summed E-state index contributed by atoms with van der Waals surface area (Å²) in [6.45, 7) is 1.34. The van der Waals surface area contributed by atoms with Crippen molar-refractivity contribution in [1.82, 2.24) is 9.91 Å². The van der Waals surface area contributed by atoms with Crippen molar-refractivity contribution in [3.05, 3.63) is 0 Å². The minimum Gasteiger partial charge on any atom is -0.395 e. The molecule has 0 aromatic carbocycles. The lowest BCUT2D eigenvalue weighted by Crippen LogP contribution is -2.34. The third-order valence-electron chi connectivity index (χ3n) is 1.45. The number of carbonyl (C=O) groups is 1. The lowest BCUT2D eigenvalue weighted by Gasteiger charge is -2.11. The van der Waals surface area contributed by atoms with Crippen molar-refractivity contribution in [3.63, 3.8) is 0 Å². The molecule has 10 heavy (non-hydrogen) atoms. The molecule has 0 saturated carbocycles. The van der Waals surface area contributed by atoms with Crippen LogP contribution in [0.15, 0.2) is 0 Å². The summed E-state index contributed by atoms with van der Waals surface area (Å²) >= 11 is 0. The number of hydrazine groups is 1. The van der Waals surface area contributed by atoms with Crippen molar-refractivity contribution >= 4 is 5.91 Å². The van der Waals surface area contributed by atoms with Gasteiger partial charge in [0.1, 0.15) is 0 Å². The van der Waals surface area contributed by atoms with Gasteiger partial charge in [0, 0.05) is 6.54 Å². The second-order valence-corrected chi connectivity index (χ2v) is 2.28. The van der Waals surface area contributed by atoms with E-state index in [0.29, 0.717) is 19.8 Å². The van der Waals surface area contributed by atoms with Crippen LogP contribution in [-0.2, 0) is 4.79 Å². The maximum atomic E-state index is 10.7. The highest BCUT2D eigenvalue weighted by Gasteiger charge is 2.23. The van der Waals surface area contributed by atoms with Crippen LogP contribution in [0.4, 0.5) is 0 Å². The third kappa shape index (κ3) is 1.44. The van der Waals surface area contributed by atoms with Gasteiger partial charge in [-0.3, -0.25) is 14.7 Å². The summed E-state index contributed by atoms with van der Waals surface area (Å²) in [5.41, 5.74) is 0. The molecule has 0 atom stereocenters. The molecule has 5 heteroatoms. The van der Waals surface area contributed by atoms with Crippen LogP contribution in [0.25, 0.3) is 0 Å². The van der Waals surface area contributed by atoms with Crippen molar-refractivity contribution in [2.75, 3.05) is 26.4 Å². The molecule has 0 aromatic rings. The zero-order chi connectivity index (χ0) is 7.56. The number of hydrogen-bond acceptors (Lipinski definition) is 4. The Labute approximate surface area is 59.0 Å². The second-order valence-electron chi connectivity index (χ2n) is 2.28. The van der Waals surface area contributed by atoms with Gasteiger partial charge < -0.3 is 5.11 Å². The summed E-state index contributed by atoms with van der Waals surface area (Å²) in [4.78, 5) is 12.5. The quantitative estimate of drug-likeness (QED) is 0.347. The summed E-state index contributed by atoms with van der Waals surface area (Å²) in [7, 11) is 0.